The van der Waals surface area contributed by atoms with Crippen LogP contribution in [-0.4, -0.2) is 108 Å². The zero-order valence-electron chi connectivity index (χ0n) is 32.2. The van der Waals surface area contributed by atoms with Crippen LogP contribution in [0, 0.1) is 10.8 Å². The average molecular weight is 753 g/mol. The predicted octanol–water partition coefficient (Wildman–Crippen LogP) is 5.11. The van der Waals surface area contributed by atoms with Crippen molar-refractivity contribution in [3.8, 4) is 11.8 Å². The Hall–Kier alpha value is -5.78. The number of rotatable bonds is 8. The maximum absolute atomic E-state index is 13.3. The first-order valence-corrected chi connectivity index (χ1v) is 19.7. The fourth-order valence-corrected chi connectivity index (χ4v) is 9.55. The number of likely N-dealkylation sites (tertiary alicyclic amines) is 2. The summed E-state index contributed by atoms with van der Waals surface area (Å²) in [4.78, 5) is 52.6. The minimum atomic E-state index is -0.300. The van der Waals surface area contributed by atoms with Gasteiger partial charge in [-0.2, -0.15) is 9.97 Å². The maximum atomic E-state index is 13.3. The molecular weight excluding hydrogens is 705 g/mol. The number of anilines is 2. The molecule has 4 aromatic rings. The summed E-state index contributed by atoms with van der Waals surface area (Å²) in [5, 5.41) is 0. The lowest BCUT2D eigenvalue weighted by atomic mass is 9.85. The first-order chi connectivity index (χ1) is 27.4. The summed E-state index contributed by atoms with van der Waals surface area (Å²) in [7, 11) is 3.21. The minimum absolute atomic E-state index is 0.281. The van der Waals surface area contributed by atoms with Crippen molar-refractivity contribution in [2.45, 2.75) is 38.5 Å². The third-order valence-electron chi connectivity index (χ3n) is 12.7. The van der Waals surface area contributed by atoms with E-state index in [0.717, 1.165) is 64.7 Å². The number of benzene rings is 2. The molecule has 2 amide bonds. The van der Waals surface area contributed by atoms with E-state index < -0.39 is 0 Å². The summed E-state index contributed by atoms with van der Waals surface area (Å²) < 4.78 is 10.4. The van der Waals surface area contributed by atoms with E-state index in [9.17, 15) is 9.59 Å². The molecule has 0 radical (unpaired) electrons. The highest BCUT2D eigenvalue weighted by atomic mass is 16.5. The van der Waals surface area contributed by atoms with Crippen LogP contribution >= 0.6 is 0 Å². The van der Waals surface area contributed by atoms with E-state index in [0.29, 0.717) is 49.8 Å². The van der Waals surface area contributed by atoms with Crippen molar-refractivity contribution in [1.82, 2.24) is 29.7 Å². The van der Waals surface area contributed by atoms with Gasteiger partial charge in [-0.1, -0.05) is 60.7 Å². The number of methoxy groups -OCH3 is 2. The van der Waals surface area contributed by atoms with Gasteiger partial charge in [0.1, 0.15) is 0 Å². The monoisotopic (exact) mass is 752 g/mol. The standard InChI is InChI=1S/2C22H24N4O2/c2*1-28-19-8-11-23-21(24-19)26-13-10-22(15-26)9-12-25(20(22)27)14-17-7-6-16-4-2-3-5-18(16)17/h2*2-5,7-8,11H,6,9-10,12-15H2,1H3/t2*22-/m10/s1. The Labute approximate surface area is 327 Å². The quantitative estimate of drug-likeness (QED) is 0.241. The van der Waals surface area contributed by atoms with E-state index in [1.54, 1.807) is 38.7 Å². The highest BCUT2D eigenvalue weighted by molar-refractivity contribution is 5.89. The molecular formula is C44H48N8O4. The molecule has 12 heteroatoms. The van der Waals surface area contributed by atoms with Gasteiger partial charge >= 0.3 is 0 Å². The lowest BCUT2D eigenvalue weighted by Crippen LogP contribution is -2.37. The van der Waals surface area contributed by atoms with Gasteiger partial charge in [0.15, 0.2) is 0 Å². The van der Waals surface area contributed by atoms with E-state index in [-0.39, 0.29) is 22.6 Å². The van der Waals surface area contributed by atoms with E-state index in [2.05, 4.69) is 90.4 Å². The van der Waals surface area contributed by atoms with Crippen LogP contribution in [0.4, 0.5) is 11.9 Å². The van der Waals surface area contributed by atoms with Crippen molar-refractivity contribution < 1.29 is 19.1 Å². The van der Waals surface area contributed by atoms with Crippen molar-refractivity contribution in [2.75, 3.05) is 76.4 Å². The van der Waals surface area contributed by atoms with E-state index in [4.69, 9.17) is 9.47 Å². The second-order valence-corrected chi connectivity index (χ2v) is 15.8. The molecule has 12 nitrogen and oxygen atoms in total. The molecule has 6 aliphatic rings. The molecule has 56 heavy (non-hydrogen) atoms. The van der Waals surface area contributed by atoms with Crippen LogP contribution in [0.1, 0.15) is 47.9 Å². The molecule has 288 valence electrons. The van der Waals surface area contributed by atoms with Crippen LogP contribution in [0.25, 0.3) is 11.1 Å². The van der Waals surface area contributed by atoms with E-state index in [1.165, 1.54) is 33.4 Å². The molecule has 0 N–H and O–H groups in total. The molecule has 4 aliphatic heterocycles. The van der Waals surface area contributed by atoms with Gasteiger partial charge in [-0.05, 0) is 71.9 Å². The summed E-state index contributed by atoms with van der Waals surface area (Å²) in [5.74, 6) is 2.96. The molecule has 2 spiro atoms. The summed E-state index contributed by atoms with van der Waals surface area (Å²) >= 11 is 0. The molecule has 10 rings (SSSR count). The van der Waals surface area contributed by atoms with E-state index in [1.807, 2.05) is 9.80 Å². The molecule has 2 aromatic carbocycles. The Morgan fingerprint density at radius 1 is 0.589 bits per heavy atom. The molecule has 4 fully saturated rings. The highest BCUT2D eigenvalue weighted by Crippen LogP contribution is 2.44. The summed E-state index contributed by atoms with van der Waals surface area (Å²) in [6.07, 6.45) is 13.4. The first-order valence-electron chi connectivity index (χ1n) is 19.7. The number of hydrogen-bond acceptors (Lipinski definition) is 10. The van der Waals surface area contributed by atoms with Crippen LogP contribution in [-0.2, 0) is 22.4 Å². The second kappa shape index (κ2) is 14.7. The van der Waals surface area contributed by atoms with Gasteiger partial charge in [-0.25, -0.2) is 9.97 Å². The number of fused-ring (bicyclic) bond motifs is 2. The molecule has 2 aromatic heterocycles. The van der Waals surface area contributed by atoms with Gasteiger partial charge in [-0.15, -0.1) is 0 Å². The second-order valence-electron chi connectivity index (χ2n) is 15.8. The lowest BCUT2D eigenvalue weighted by Gasteiger charge is -2.24. The van der Waals surface area contributed by atoms with Gasteiger partial charge in [0.2, 0.25) is 35.5 Å². The number of carbonyl (C=O) groups is 2. The first kappa shape index (κ1) is 35.9. The zero-order valence-corrected chi connectivity index (χ0v) is 32.2. The number of nitrogens with zero attached hydrogens (tertiary/aromatic N) is 8. The molecule has 0 saturated carbocycles. The average Bonchev–Trinajstić information content (AvgIpc) is 4.12. The summed E-state index contributed by atoms with van der Waals surface area (Å²) in [6.45, 7) is 6.06. The summed E-state index contributed by atoms with van der Waals surface area (Å²) in [5.41, 5.74) is 7.29. The maximum Gasteiger partial charge on any atom is 0.231 e. The highest BCUT2D eigenvalue weighted by Gasteiger charge is 2.52. The smallest absolute Gasteiger partial charge is 0.231 e. The van der Waals surface area contributed by atoms with Gasteiger partial charge < -0.3 is 29.1 Å². The van der Waals surface area contributed by atoms with Gasteiger partial charge in [0.25, 0.3) is 0 Å². The topological polar surface area (TPSA) is 117 Å². The normalized spacial score (nSPS) is 23.5. The Kier molecular flexibility index (Phi) is 9.43. The van der Waals surface area contributed by atoms with Crippen molar-refractivity contribution in [2.24, 2.45) is 10.8 Å². The molecule has 0 unspecified atom stereocenters. The minimum Gasteiger partial charge on any atom is -0.481 e. The molecule has 2 aliphatic carbocycles. The predicted molar refractivity (Wildman–Crippen MR) is 214 cm³/mol. The fraction of sp³-hybridized carbons (Fsp3) is 0.409. The molecule has 6 heterocycles. The largest absolute Gasteiger partial charge is 0.481 e. The molecule has 2 atom stereocenters. The Morgan fingerprint density at radius 3 is 1.46 bits per heavy atom. The number of allylic oxidation sites excluding steroid dienone is 2. The van der Waals surface area contributed by atoms with Crippen LogP contribution in [0.2, 0.25) is 0 Å². The third-order valence-corrected chi connectivity index (χ3v) is 12.7. The Balaban J connectivity index is 0.000000146. The Bertz CT molecular complexity index is 2070. The molecule has 0 bridgehead atoms. The SMILES string of the molecule is COc1ccnc(N2CC[C@@]3(CCN(CC4=CCc5ccccc54)C3=O)C2)n1.COc1ccnc(N2CC[C@]3(CCN(CC4=CCc5ccccc54)C3=O)C2)n1. The number of hydrogen-bond donors (Lipinski definition) is 0. The third kappa shape index (κ3) is 6.54. The number of amides is 2. The van der Waals surface area contributed by atoms with Crippen LogP contribution < -0.4 is 19.3 Å². The zero-order chi connectivity index (χ0) is 38.3. The van der Waals surface area contributed by atoms with Gasteiger partial charge in [-0.3, -0.25) is 9.59 Å². The van der Waals surface area contributed by atoms with Crippen molar-refractivity contribution in [3.05, 3.63) is 107 Å². The Morgan fingerprint density at radius 2 is 1.02 bits per heavy atom. The molecule has 4 saturated heterocycles. The van der Waals surface area contributed by atoms with Crippen LogP contribution in [0.15, 0.2) is 85.2 Å². The van der Waals surface area contributed by atoms with Crippen LogP contribution in [0.3, 0.4) is 0 Å². The van der Waals surface area contributed by atoms with Crippen molar-refractivity contribution >= 4 is 34.9 Å². The van der Waals surface area contributed by atoms with E-state index >= 15 is 0 Å². The lowest BCUT2D eigenvalue weighted by molar-refractivity contribution is -0.135. The van der Waals surface area contributed by atoms with Crippen molar-refractivity contribution in [3.63, 3.8) is 0 Å². The van der Waals surface area contributed by atoms with Crippen LogP contribution in [0.5, 0.6) is 11.8 Å². The number of ether oxygens (including phenoxy) is 2. The number of aromatic nitrogens is 4. The summed E-state index contributed by atoms with van der Waals surface area (Å²) in [6, 6.07) is 20.5. The van der Waals surface area contributed by atoms with Gasteiger partial charge in [0.05, 0.1) is 25.0 Å². The fourth-order valence-electron chi connectivity index (χ4n) is 9.55. The number of carbonyl (C=O) groups excluding carboxylic acids is 2. The van der Waals surface area contributed by atoms with Crippen molar-refractivity contribution in [1.29, 1.82) is 0 Å². The van der Waals surface area contributed by atoms with Gasteiger partial charge in [0, 0.05) is 76.9 Å².